The molecule has 0 radical (unpaired) electrons. The van der Waals surface area contributed by atoms with Crippen LogP contribution in [0.3, 0.4) is 0 Å². The second-order valence-corrected chi connectivity index (χ2v) is 9.62. The number of rotatable bonds is 10. The molecule has 1 aromatic heterocycles. The minimum absolute atomic E-state index is 0.175. The SMILES string of the molecule is CCOc1cc(-n2cncn2)ccc1N=C(N)c1ccc(C2CC2(C)c2cc(OC)ccc2NC=O)cc1N. The van der Waals surface area contributed by atoms with Crippen molar-refractivity contribution in [2.75, 3.05) is 24.8 Å². The van der Waals surface area contributed by atoms with Crippen LogP contribution in [0.4, 0.5) is 17.1 Å². The van der Waals surface area contributed by atoms with Crippen molar-refractivity contribution in [2.45, 2.75) is 31.6 Å². The van der Waals surface area contributed by atoms with E-state index < -0.39 is 0 Å². The van der Waals surface area contributed by atoms with Gasteiger partial charge in [-0.15, -0.1) is 0 Å². The number of nitrogen functional groups attached to an aromatic ring is 1. The highest BCUT2D eigenvalue weighted by Crippen LogP contribution is 2.62. The summed E-state index contributed by atoms with van der Waals surface area (Å²) >= 11 is 0. The Kier molecular flexibility index (Phi) is 6.93. The largest absolute Gasteiger partial charge is 0.497 e. The summed E-state index contributed by atoms with van der Waals surface area (Å²) in [6.07, 6.45) is 4.69. The van der Waals surface area contributed by atoms with Crippen LogP contribution in [0.1, 0.15) is 42.9 Å². The molecule has 1 fully saturated rings. The number of amidine groups is 1. The number of carbonyl (C=O) groups excluding carboxylic acids is 1. The van der Waals surface area contributed by atoms with Gasteiger partial charge in [0.2, 0.25) is 6.41 Å². The Hall–Kier alpha value is -4.86. The molecule has 1 saturated carbocycles. The number of nitrogens with zero attached hydrogens (tertiary/aromatic N) is 4. The van der Waals surface area contributed by atoms with Gasteiger partial charge in [-0.1, -0.05) is 13.0 Å². The first-order valence-corrected chi connectivity index (χ1v) is 12.6. The van der Waals surface area contributed by atoms with Gasteiger partial charge >= 0.3 is 0 Å². The van der Waals surface area contributed by atoms with Gasteiger partial charge < -0.3 is 26.3 Å². The summed E-state index contributed by atoms with van der Waals surface area (Å²) in [4.78, 5) is 19.8. The molecular weight excluding hydrogens is 494 g/mol. The van der Waals surface area contributed by atoms with E-state index in [9.17, 15) is 4.79 Å². The van der Waals surface area contributed by atoms with Gasteiger partial charge in [0.15, 0.2) is 0 Å². The number of methoxy groups -OCH3 is 1. The van der Waals surface area contributed by atoms with Crippen LogP contribution < -0.4 is 26.3 Å². The zero-order chi connectivity index (χ0) is 27.6. The summed E-state index contributed by atoms with van der Waals surface area (Å²) < 4.78 is 12.9. The summed E-state index contributed by atoms with van der Waals surface area (Å²) in [6.45, 7) is 4.56. The molecule has 200 valence electrons. The van der Waals surface area contributed by atoms with Crippen molar-refractivity contribution in [3.05, 3.63) is 83.9 Å². The van der Waals surface area contributed by atoms with E-state index in [0.717, 1.165) is 34.7 Å². The van der Waals surface area contributed by atoms with E-state index >= 15 is 0 Å². The molecule has 2 unspecified atom stereocenters. The molecule has 1 aliphatic rings. The van der Waals surface area contributed by atoms with Crippen molar-refractivity contribution in [1.82, 2.24) is 14.8 Å². The van der Waals surface area contributed by atoms with Gasteiger partial charge in [0, 0.05) is 28.4 Å². The predicted octanol–water partition coefficient (Wildman–Crippen LogP) is 4.31. The summed E-state index contributed by atoms with van der Waals surface area (Å²) in [5.41, 5.74) is 18.2. The molecule has 3 aromatic carbocycles. The number of aromatic nitrogens is 3. The molecular formula is C29H31N7O3. The Bertz CT molecular complexity index is 1530. The van der Waals surface area contributed by atoms with Crippen molar-refractivity contribution in [3.63, 3.8) is 0 Å². The highest BCUT2D eigenvalue weighted by atomic mass is 16.5. The lowest BCUT2D eigenvalue weighted by atomic mass is 9.90. The predicted molar refractivity (Wildman–Crippen MR) is 151 cm³/mol. The van der Waals surface area contributed by atoms with Crippen molar-refractivity contribution >= 4 is 29.3 Å². The third-order valence-corrected chi connectivity index (χ3v) is 7.21. The lowest BCUT2D eigenvalue weighted by molar-refractivity contribution is -0.105. The van der Waals surface area contributed by atoms with E-state index in [2.05, 4.69) is 27.3 Å². The number of benzene rings is 3. The molecule has 5 rings (SSSR count). The minimum Gasteiger partial charge on any atom is -0.497 e. The Labute approximate surface area is 226 Å². The van der Waals surface area contributed by atoms with Crippen molar-refractivity contribution in [1.29, 1.82) is 0 Å². The first-order chi connectivity index (χ1) is 18.9. The molecule has 5 N–H and O–H groups in total. The van der Waals surface area contributed by atoms with Crippen molar-refractivity contribution < 1.29 is 14.3 Å². The van der Waals surface area contributed by atoms with Crippen LogP contribution in [0, 0.1) is 0 Å². The number of ether oxygens (including phenoxy) is 2. The van der Waals surface area contributed by atoms with Crippen molar-refractivity contribution in [2.24, 2.45) is 10.7 Å². The van der Waals surface area contributed by atoms with Crippen LogP contribution in [-0.2, 0) is 10.2 Å². The third-order valence-electron chi connectivity index (χ3n) is 7.21. The van der Waals surface area contributed by atoms with E-state index in [1.807, 2.05) is 61.5 Å². The van der Waals surface area contributed by atoms with Crippen LogP contribution in [0.5, 0.6) is 11.5 Å². The van der Waals surface area contributed by atoms with Crippen LogP contribution in [0.15, 0.2) is 72.2 Å². The smallest absolute Gasteiger partial charge is 0.211 e. The van der Waals surface area contributed by atoms with E-state index in [0.29, 0.717) is 35.7 Å². The van der Waals surface area contributed by atoms with Gasteiger partial charge in [0.25, 0.3) is 0 Å². The Balaban J connectivity index is 1.41. The van der Waals surface area contributed by atoms with E-state index in [1.165, 1.54) is 6.33 Å². The summed E-state index contributed by atoms with van der Waals surface area (Å²) in [5.74, 6) is 1.83. The average Bonchev–Trinajstić information content (AvgIpc) is 3.34. The quantitative estimate of drug-likeness (QED) is 0.121. The maximum atomic E-state index is 11.2. The van der Waals surface area contributed by atoms with Crippen LogP contribution in [0.25, 0.3) is 5.69 Å². The maximum absolute atomic E-state index is 11.2. The Morgan fingerprint density at radius 1 is 1.23 bits per heavy atom. The van der Waals surface area contributed by atoms with E-state index in [4.69, 9.17) is 20.9 Å². The lowest BCUT2D eigenvalue weighted by Crippen LogP contribution is -2.15. The average molecular weight is 526 g/mol. The van der Waals surface area contributed by atoms with Gasteiger partial charge in [0.1, 0.15) is 35.7 Å². The summed E-state index contributed by atoms with van der Waals surface area (Å²) in [6, 6.07) is 17.1. The number of nitrogens with one attached hydrogen (secondary N) is 1. The highest BCUT2D eigenvalue weighted by molar-refractivity contribution is 6.03. The molecule has 0 bridgehead atoms. The Morgan fingerprint density at radius 3 is 2.77 bits per heavy atom. The first-order valence-electron chi connectivity index (χ1n) is 12.6. The molecule has 10 nitrogen and oxygen atoms in total. The van der Waals surface area contributed by atoms with Crippen LogP contribution in [0.2, 0.25) is 0 Å². The molecule has 1 heterocycles. The minimum atomic E-state index is -0.175. The standard InChI is InChI=1S/C29H31N7O3/c1-4-39-27-12-19(36-16-32-15-34-36)6-9-26(27)35-28(31)21-8-5-18(11-24(21)30)23-14-29(23,2)22-13-20(38-3)7-10-25(22)33-17-37/h5-13,15-17,23H,4,14,30H2,1-3H3,(H2,31,35)(H,33,37). The molecule has 1 aliphatic carbocycles. The number of hydrogen-bond acceptors (Lipinski definition) is 7. The fourth-order valence-electron chi connectivity index (χ4n) is 5.03. The fraction of sp³-hybridized carbons (Fsp3) is 0.241. The van der Waals surface area contributed by atoms with Gasteiger partial charge in [-0.3, -0.25) is 4.79 Å². The van der Waals surface area contributed by atoms with E-state index in [1.54, 1.807) is 18.1 Å². The van der Waals surface area contributed by atoms with Crippen LogP contribution in [-0.4, -0.2) is 40.7 Å². The third kappa shape index (κ3) is 5.00. The lowest BCUT2D eigenvalue weighted by Gasteiger charge is -2.18. The number of aliphatic imine (C=N–C) groups is 1. The van der Waals surface area contributed by atoms with Crippen molar-refractivity contribution in [3.8, 4) is 17.2 Å². The second kappa shape index (κ2) is 10.5. The zero-order valence-corrected chi connectivity index (χ0v) is 22.1. The summed E-state index contributed by atoms with van der Waals surface area (Å²) in [7, 11) is 1.63. The molecule has 0 aliphatic heterocycles. The zero-order valence-electron chi connectivity index (χ0n) is 22.1. The van der Waals surface area contributed by atoms with Crippen LogP contribution >= 0.6 is 0 Å². The molecule has 0 saturated heterocycles. The molecule has 2 atom stereocenters. The van der Waals surface area contributed by atoms with Gasteiger partial charge in [-0.2, -0.15) is 5.10 Å². The number of anilines is 2. The molecule has 0 spiro atoms. The number of carbonyl (C=O) groups is 1. The number of hydrogen-bond donors (Lipinski definition) is 3. The number of amides is 1. The molecule has 4 aromatic rings. The van der Waals surface area contributed by atoms with Gasteiger partial charge in [-0.05, 0) is 72.9 Å². The first kappa shape index (κ1) is 25.8. The second-order valence-electron chi connectivity index (χ2n) is 9.62. The molecule has 10 heteroatoms. The molecule has 39 heavy (non-hydrogen) atoms. The normalized spacial score (nSPS) is 18.4. The monoisotopic (exact) mass is 525 g/mol. The van der Waals surface area contributed by atoms with Gasteiger partial charge in [0.05, 0.1) is 19.4 Å². The topological polar surface area (TPSA) is 143 Å². The Morgan fingerprint density at radius 2 is 2.08 bits per heavy atom. The maximum Gasteiger partial charge on any atom is 0.211 e. The fourth-order valence-corrected chi connectivity index (χ4v) is 5.03. The highest BCUT2D eigenvalue weighted by Gasteiger charge is 2.53. The molecule has 1 amide bonds. The summed E-state index contributed by atoms with van der Waals surface area (Å²) in [5, 5.41) is 6.98. The number of nitrogens with two attached hydrogens (primary N) is 2. The van der Waals surface area contributed by atoms with E-state index in [-0.39, 0.29) is 17.2 Å². The van der Waals surface area contributed by atoms with Gasteiger partial charge in [-0.25, -0.2) is 14.7 Å².